The normalized spacial score (nSPS) is 10.4. The van der Waals surface area contributed by atoms with Crippen molar-refractivity contribution in [2.45, 2.75) is 20.3 Å². The summed E-state index contributed by atoms with van der Waals surface area (Å²) in [4.78, 5) is 28.6. The van der Waals surface area contributed by atoms with Gasteiger partial charge in [-0.1, -0.05) is 31.2 Å². The number of esters is 1. The second-order valence-electron chi connectivity index (χ2n) is 5.88. The Kier molecular flexibility index (Phi) is 5.61. The summed E-state index contributed by atoms with van der Waals surface area (Å²) in [5.74, 6) is -0.393. The molecule has 0 radical (unpaired) electrons. The van der Waals surface area contributed by atoms with Crippen molar-refractivity contribution in [1.29, 1.82) is 0 Å². The molecule has 1 aromatic carbocycles. The minimum atomic E-state index is -0.603. The van der Waals surface area contributed by atoms with Gasteiger partial charge in [0, 0.05) is 11.9 Å². The molecule has 0 aliphatic carbocycles. The zero-order chi connectivity index (χ0) is 19.2. The average Bonchev–Trinajstić information content (AvgIpc) is 3.08. The molecule has 0 aliphatic heterocycles. The monoisotopic (exact) mass is 364 g/mol. The summed E-state index contributed by atoms with van der Waals surface area (Å²) in [6.07, 6.45) is 3.85. The quantitative estimate of drug-likeness (QED) is 0.680. The number of carbonyl (C=O) groups excluding carboxylic acids is 2. The molecular formula is C20H20N4O3. The smallest absolute Gasteiger partial charge is 0.342 e. The summed E-state index contributed by atoms with van der Waals surface area (Å²) in [5, 5.41) is 6.94. The van der Waals surface area contributed by atoms with Gasteiger partial charge in [-0.3, -0.25) is 4.79 Å². The van der Waals surface area contributed by atoms with Crippen LogP contribution in [0.3, 0.4) is 0 Å². The third-order valence-corrected chi connectivity index (χ3v) is 4.10. The molecule has 0 fully saturated rings. The van der Waals surface area contributed by atoms with Crippen molar-refractivity contribution >= 4 is 17.6 Å². The minimum absolute atomic E-state index is 0.294. The van der Waals surface area contributed by atoms with E-state index in [0.717, 1.165) is 17.7 Å². The highest BCUT2D eigenvalue weighted by Gasteiger charge is 2.18. The van der Waals surface area contributed by atoms with E-state index >= 15 is 0 Å². The van der Waals surface area contributed by atoms with E-state index in [1.165, 1.54) is 6.20 Å². The Morgan fingerprint density at radius 1 is 1.15 bits per heavy atom. The Bertz CT molecular complexity index is 951. The van der Waals surface area contributed by atoms with Crippen LogP contribution in [-0.2, 0) is 16.0 Å². The first-order chi connectivity index (χ1) is 13.1. The number of benzene rings is 1. The van der Waals surface area contributed by atoms with E-state index in [1.807, 2.05) is 37.3 Å². The third kappa shape index (κ3) is 4.20. The molecule has 0 atom stereocenters. The Labute approximate surface area is 157 Å². The molecule has 7 nitrogen and oxygen atoms in total. The number of hydrogen-bond donors (Lipinski definition) is 1. The molecule has 1 N–H and O–H groups in total. The summed E-state index contributed by atoms with van der Waals surface area (Å²) in [5.41, 5.74) is 2.63. The fourth-order valence-corrected chi connectivity index (χ4v) is 2.67. The van der Waals surface area contributed by atoms with Crippen molar-refractivity contribution in [1.82, 2.24) is 14.8 Å². The molecule has 0 unspecified atom stereocenters. The van der Waals surface area contributed by atoms with E-state index < -0.39 is 5.97 Å². The highest BCUT2D eigenvalue weighted by atomic mass is 16.5. The van der Waals surface area contributed by atoms with E-state index in [0.29, 0.717) is 17.1 Å². The summed E-state index contributed by atoms with van der Waals surface area (Å²) < 4.78 is 6.69. The predicted octanol–water partition coefficient (Wildman–Crippen LogP) is 2.93. The Morgan fingerprint density at radius 3 is 2.67 bits per heavy atom. The number of carbonyl (C=O) groups is 2. The van der Waals surface area contributed by atoms with Crippen molar-refractivity contribution in [3.05, 3.63) is 71.7 Å². The van der Waals surface area contributed by atoms with Crippen LogP contribution in [-0.4, -0.2) is 33.2 Å². The van der Waals surface area contributed by atoms with Crippen LogP contribution in [0.4, 0.5) is 5.69 Å². The van der Waals surface area contributed by atoms with Gasteiger partial charge < -0.3 is 10.1 Å². The van der Waals surface area contributed by atoms with Gasteiger partial charge in [-0.2, -0.15) is 5.10 Å². The van der Waals surface area contributed by atoms with E-state index in [1.54, 1.807) is 29.9 Å². The van der Waals surface area contributed by atoms with Crippen LogP contribution < -0.4 is 5.32 Å². The highest BCUT2D eigenvalue weighted by molar-refractivity contribution is 5.96. The molecule has 1 amide bonds. The highest BCUT2D eigenvalue weighted by Crippen LogP contribution is 2.16. The molecule has 0 saturated carbocycles. The van der Waals surface area contributed by atoms with Crippen molar-refractivity contribution < 1.29 is 14.3 Å². The number of pyridine rings is 1. The lowest BCUT2D eigenvalue weighted by Crippen LogP contribution is -2.21. The molecule has 0 spiro atoms. The molecule has 3 rings (SSSR count). The number of para-hydroxylation sites is 1. The summed E-state index contributed by atoms with van der Waals surface area (Å²) in [7, 11) is 0. The lowest BCUT2D eigenvalue weighted by Gasteiger charge is -2.10. The molecule has 2 aromatic heterocycles. The maximum Gasteiger partial charge on any atom is 0.342 e. The Hall–Kier alpha value is -3.48. The zero-order valence-electron chi connectivity index (χ0n) is 15.2. The van der Waals surface area contributed by atoms with E-state index in [2.05, 4.69) is 15.4 Å². The average molecular weight is 364 g/mol. The molecular weight excluding hydrogens is 344 g/mol. The fourth-order valence-electron chi connectivity index (χ4n) is 2.67. The maximum absolute atomic E-state index is 12.3. The largest absolute Gasteiger partial charge is 0.452 e. The summed E-state index contributed by atoms with van der Waals surface area (Å²) >= 11 is 0. The number of nitrogens with one attached hydrogen (secondary N) is 1. The molecule has 7 heteroatoms. The number of rotatable bonds is 6. The van der Waals surface area contributed by atoms with Crippen LogP contribution in [0.25, 0.3) is 5.82 Å². The molecule has 0 saturated heterocycles. The van der Waals surface area contributed by atoms with Crippen LogP contribution in [0.1, 0.15) is 28.5 Å². The number of nitrogens with zero attached hydrogens (tertiary/aromatic N) is 3. The van der Waals surface area contributed by atoms with Crippen LogP contribution in [0, 0.1) is 6.92 Å². The van der Waals surface area contributed by atoms with Crippen molar-refractivity contribution in [2.75, 3.05) is 11.9 Å². The number of amides is 1. The van der Waals surface area contributed by atoms with Crippen LogP contribution in [0.5, 0.6) is 0 Å². The first-order valence-corrected chi connectivity index (χ1v) is 8.61. The zero-order valence-corrected chi connectivity index (χ0v) is 15.2. The number of anilines is 1. The van der Waals surface area contributed by atoms with Crippen molar-refractivity contribution in [2.24, 2.45) is 0 Å². The van der Waals surface area contributed by atoms with Crippen LogP contribution in [0.15, 0.2) is 54.9 Å². The molecule has 27 heavy (non-hydrogen) atoms. The lowest BCUT2D eigenvalue weighted by atomic mass is 10.1. The maximum atomic E-state index is 12.3. The summed E-state index contributed by atoms with van der Waals surface area (Å²) in [6, 6.07) is 12.9. The van der Waals surface area contributed by atoms with Gasteiger partial charge in [-0.25, -0.2) is 14.5 Å². The minimum Gasteiger partial charge on any atom is -0.452 e. The van der Waals surface area contributed by atoms with Gasteiger partial charge in [0.15, 0.2) is 12.4 Å². The summed E-state index contributed by atoms with van der Waals surface area (Å²) in [6.45, 7) is 3.38. The van der Waals surface area contributed by atoms with Crippen LogP contribution in [0.2, 0.25) is 0 Å². The predicted molar refractivity (Wildman–Crippen MR) is 101 cm³/mol. The third-order valence-electron chi connectivity index (χ3n) is 4.10. The van der Waals surface area contributed by atoms with Crippen LogP contribution >= 0.6 is 0 Å². The van der Waals surface area contributed by atoms with Crippen molar-refractivity contribution in [3.8, 4) is 5.82 Å². The number of hydrogen-bond acceptors (Lipinski definition) is 5. The van der Waals surface area contributed by atoms with E-state index in [9.17, 15) is 9.59 Å². The van der Waals surface area contributed by atoms with Gasteiger partial charge in [-0.15, -0.1) is 0 Å². The standard InChI is InChI=1S/C20H20N4O3/c1-3-15-8-4-5-9-17(15)23-19(25)13-27-20(26)16-12-22-24(14(16)2)18-10-6-7-11-21-18/h4-12H,3,13H2,1-2H3,(H,23,25). The van der Waals surface area contributed by atoms with Crippen molar-refractivity contribution in [3.63, 3.8) is 0 Å². The van der Waals surface area contributed by atoms with Gasteiger partial charge in [0.2, 0.25) is 0 Å². The number of ether oxygens (including phenoxy) is 1. The number of aromatic nitrogens is 3. The lowest BCUT2D eigenvalue weighted by molar-refractivity contribution is -0.119. The SMILES string of the molecule is CCc1ccccc1NC(=O)COC(=O)c1cnn(-c2ccccn2)c1C. The first-order valence-electron chi connectivity index (χ1n) is 8.61. The Morgan fingerprint density at radius 2 is 1.93 bits per heavy atom. The van der Waals surface area contributed by atoms with Gasteiger partial charge in [0.05, 0.1) is 11.9 Å². The molecule has 0 aliphatic rings. The van der Waals surface area contributed by atoms with E-state index in [4.69, 9.17) is 4.74 Å². The van der Waals surface area contributed by atoms with Gasteiger partial charge in [0.1, 0.15) is 5.56 Å². The van der Waals surface area contributed by atoms with Gasteiger partial charge in [-0.05, 0) is 37.1 Å². The second kappa shape index (κ2) is 8.27. The fraction of sp³-hybridized carbons (Fsp3) is 0.200. The molecule has 3 aromatic rings. The second-order valence-corrected chi connectivity index (χ2v) is 5.88. The van der Waals surface area contributed by atoms with E-state index in [-0.39, 0.29) is 12.5 Å². The first kappa shape index (κ1) is 18.3. The van der Waals surface area contributed by atoms with Gasteiger partial charge in [0.25, 0.3) is 5.91 Å². The Balaban J connectivity index is 1.63. The topological polar surface area (TPSA) is 86.1 Å². The molecule has 138 valence electrons. The molecule has 0 bridgehead atoms. The van der Waals surface area contributed by atoms with Gasteiger partial charge >= 0.3 is 5.97 Å². The molecule has 2 heterocycles. The number of aryl methyl sites for hydroxylation is 1.